The minimum absolute atomic E-state index is 0. The van der Waals surface area contributed by atoms with Crippen LogP contribution in [0.1, 0.15) is 20.3 Å². The first-order valence-electron chi connectivity index (χ1n) is 7.12. The van der Waals surface area contributed by atoms with Crippen molar-refractivity contribution in [2.45, 2.75) is 26.3 Å². The van der Waals surface area contributed by atoms with Crippen LogP contribution < -0.4 is 21.7 Å². The van der Waals surface area contributed by atoms with E-state index in [1.165, 1.54) is 0 Å². The van der Waals surface area contributed by atoms with Crippen molar-refractivity contribution in [2.24, 2.45) is 21.5 Å². The van der Waals surface area contributed by atoms with E-state index in [-0.39, 0.29) is 49.3 Å². The number of benzene rings is 1. The number of hydrogen-bond acceptors (Lipinski definition) is 3. The second-order valence-electron chi connectivity index (χ2n) is 4.93. The Balaban J connectivity index is 0.00000576. The Hall–Kier alpha value is -2.20. The summed E-state index contributed by atoms with van der Waals surface area (Å²) in [4.78, 5) is 12.7. The number of nitrogens with zero attached hydrogens (tertiary/aromatic N) is 2. The second kappa shape index (κ2) is 11.4. The van der Waals surface area contributed by atoms with Crippen molar-refractivity contribution < 1.29 is 22.7 Å². The average molecular weight is 384 g/mol. The average Bonchev–Trinajstić information content (AvgIpc) is 2.46. The molecule has 0 saturated carbocycles. The van der Waals surface area contributed by atoms with Crippen LogP contribution in [0, 0.1) is 17.5 Å². The fourth-order valence-electron chi connectivity index (χ4n) is 1.49. The van der Waals surface area contributed by atoms with E-state index in [9.17, 15) is 13.2 Å². The minimum atomic E-state index is -1.28. The first-order valence-corrected chi connectivity index (χ1v) is 7.12. The van der Waals surface area contributed by atoms with Crippen molar-refractivity contribution in [1.82, 2.24) is 5.48 Å². The van der Waals surface area contributed by atoms with Gasteiger partial charge in [0.15, 0.2) is 23.2 Å². The number of guanidine groups is 2. The van der Waals surface area contributed by atoms with Gasteiger partial charge >= 0.3 is 0 Å². The van der Waals surface area contributed by atoms with Crippen LogP contribution in [0.5, 0.6) is 5.75 Å². The van der Waals surface area contributed by atoms with Gasteiger partial charge in [-0.25, -0.2) is 23.6 Å². The van der Waals surface area contributed by atoms with Gasteiger partial charge in [-0.1, -0.05) is 0 Å². The van der Waals surface area contributed by atoms with E-state index in [1.807, 2.05) is 13.8 Å². The first kappa shape index (κ1) is 22.8. The fraction of sp³-hybridized carbons (Fsp3) is 0.429. The normalized spacial score (nSPS) is 12.1. The summed E-state index contributed by atoms with van der Waals surface area (Å²) in [6, 6.07) is 1.05. The molecule has 0 unspecified atom stereocenters. The van der Waals surface area contributed by atoms with Crippen molar-refractivity contribution in [2.75, 3.05) is 13.2 Å². The van der Waals surface area contributed by atoms with Crippen molar-refractivity contribution in [3.05, 3.63) is 29.6 Å². The lowest BCUT2D eigenvalue weighted by molar-refractivity contribution is 0.0735. The highest BCUT2D eigenvalue weighted by Crippen LogP contribution is 2.20. The Kier molecular flexibility index (Phi) is 10.4. The number of halogens is 4. The largest absolute Gasteiger partial charge is 0.490 e. The van der Waals surface area contributed by atoms with Crippen LogP contribution in [0.15, 0.2) is 22.1 Å². The van der Waals surface area contributed by atoms with Gasteiger partial charge in [0, 0.05) is 24.6 Å². The summed E-state index contributed by atoms with van der Waals surface area (Å²) in [5.74, 6) is -3.89. The molecule has 7 nitrogen and oxygen atoms in total. The SMILES string of the molecule is CC(C)N=C(N)N=C(N)NOCCCOc1cc(F)c(F)cc1F.Cl. The number of nitrogens with one attached hydrogen (secondary N) is 1. The molecule has 5 N–H and O–H groups in total. The molecule has 0 fully saturated rings. The molecule has 0 bridgehead atoms. The molecule has 0 aliphatic rings. The second-order valence-corrected chi connectivity index (χ2v) is 4.93. The standard InChI is InChI=1S/C14H20F3N5O2.ClH/c1-8(2)20-13(18)21-14(19)22-24-5-3-4-23-12-7-10(16)9(15)6-11(12)17;/h6-8H,3-5H2,1-2H3,(H5,18,19,20,21,22);1H. The molecule has 0 aliphatic heterocycles. The molecule has 0 amide bonds. The molecule has 142 valence electrons. The Bertz CT molecular complexity index is 614. The summed E-state index contributed by atoms with van der Waals surface area (Å²) in [7, 11) is 0. The molecule has 1 rings (SSSR count). The van der Waals surface area contributed by atoms with Crippen molar-refractivity contribution in [3.8, 4) is 5.75 Å². The van der Waals surface area contributed by atoms with Crippen LogP contribution in [0.3, 0.4) is 0 Å². The predicted octanol–water partition coefficient (Wildman–Crippen LogP) is 1.85. The van der Waals surface area contributed by atoms with Crippen molar-refractivity contribution in [3.63, 3.8) is 0 Å². The molecule has 0 aliphatic carbocycles. The van der Waals surface area contributed by atoms with Gasteiger partial charge in [0.2, 0.25) is 11.9 Å². The highest BCUT2D eigenvalue weighted by molar-refractivity contribution is 5.92. The van der Waals surface area contributed by atoms with Crippen molar-refractivity contribution in [1.29, 1.82) is 0 Å². The van der Waals surface area contributed by atoms with Gasteiger partial charge in [-0.15, -0.1) is 12.4 Å². The summed E-state index contributed by atoms with van der Waals surface area (Å²) < 4.78 is 44.0. The van der Waals surface area contributed by atoms with E-state index in [1.54, 1.807) is 0 Å². The predicted molar refractivity (Wildman–Crippen MR) is 91.1 cm³/mol. The molecule has 0 saturated heterocycles. The molecule has 1 aromatic rings. The van der Waals surface area contributed by atoms with Gasteiger partial charge in [0.05, 0.1) is 13.2 Å². The van der Waals surface area contributed by atoms with E-state index in [0.717, 1.165) is 0 Å². The van der Waals surface area contributed by atoms with Gasteiger partial charge in [0.1, 0.15) is 0 Å². The lowest BCUT2D eigenvalue weighted by Crippen LogP contribution is -2.34. The maximum atomic E-state index is 13.3. The molecular weight excluding hydrogens is 363 g/mol. The summed E-state index contributed by atoms with van der Waals surface area (Å²) in [5, 5.41) is 0. The van der Waals surface area contributed by atoms with E-state index in [4.69, 9.17) is 21.0 Å². The maximum Gasteiger partial charge on any atom is 0.221 e. The third-order valence-electron chi connectivity index (χ3n) is 2.43. The molecule has 0 aromatic heterocycles. The Morgan fingerprint density at radius 1 is 1.12 bits per heavy atom. The van der Waals surface area contributed by atoms with Crippen LogP contribution in [0.2, 0.25) is 0 Å². The molecular formula is C14H21ClF3N5O2. The van der Waals surface area contributed by atoms with Crippen LogP contribution >= 0.6 is 12.4 Å². The third-order valence-corrected chi connectivity index (χ3v) is 2.43. The lowest BCUT2D eigenvalue weighted by Gasteiger charge is -2.09. The highest BCUT2D eigenvalue weighted by Gasteiger charge is 2.10. The first-order chi connectivity index (χ1) is 11.3. The van der Waals surface area contributed by atoms with Gasteiger partial charge in [-0.3, -0.25) is 4.84 Å². The number of ether oxygens (including phenoxy) is 1. The van der Waals surface area contributed by atoms with E-state index in [0.29, 0.717) is 18.6 Å². The maximum absolute atomic E-state index is 13.3. The molecule has 1 aromatic carbocycles. The fourth-order valence-corrected chi connectivity index (χ4v) is 1.49. The van der Waals surface area contributed by atoms with Gasteiger partial charge in [-0.2, -0.15) is 4.99 Å². The summed E-state index contributed by atoms with van der Waals surface area (Å²) in [6.07, 6.45) is 0.328. The smallest absolute Gasteiger partial charge is 0.221 e. The topological polar surface area (TPSA) is 107 Å². The zero-order valence-corrected chi connectivity index (χ0v) is 14.6. The summed E-state index contributed by atoms with van der Waals surface area (Å²) in [5.41, 5.74) is 13.3. The Morgan fingerprint density at radius 3 is 2.40 bits per heavy atom. The van der Waals surface area contributed by atoms with Crippen LogP contribution in [-0.2, 0) is 4.84 Å². The number of rotatable bonds is 7. The number of nitrogens with two attached hydrogens (primary N) is 2. The molecule has 0 spiro atoms. The van der Waals surface area contributed by atoms with Gasteiger partial charge in [-0.05, 0) is 13.8 Å². The zero-order chi connectivity index (χ0) is 18.1. The molecule has 11 heteroatoms. The lowest BCUT2D eigenvalue weighted by atomic mass is 10.3. The van der Waals surface area contributed by atoms with Crippen LogP contribution in [0.25, 0.3) is 0 Å². The number of hydrogen-bond donors (Lipinski definition) is 3. The molecule has 25 heavy (non-hydrogen) atoms. The molecule has 0 atom stereocenters. The number of hydroxylamine groups is 1. The third kappa shape index (κ3) is 9.01. The van der Waals surface area contributed by atoms with E-state index >= 15 is 0 Å². The van der Waals surface area contributed by atoms with Crippen molar-refractivity contribution >= 4 is 24.3 Å². The van der Waals surface area contributed by atoms with E-state index in [2.05, 4.69) is 15.5 Å². The summed E-state index contributed by atoms with van der Waals surface area (Å²) in [6.45, 7) is 3.83. The zero-order valence-electron chi connectivity index (χ0n) is 13.8. The quantitative estimate of drug-likeness (QED) is 0.219. The summed E-state index contributed by atoms with van der Waals surface area (Å²) >= 11 is 0. The molecule has 0 radical (unpaired) electrons. The van der Waals surface area contributed by atoms with Crippen LogP contribution in [-0.4, -0.2) is 31.2 Å². The number of aliphatic imine (C=N–C) groups is 2. The van der Waals surface area contributed by atoms with E-state index < -0.39 is 17.5 Å². The van der Waals surface area contributed by atoms with Gasteiger partial charge in [0.25, 0.3) is 0 Å². The minimum Gasteiger partial charge on any atom is -0.490 e. The highest BCUT2D eigenvalue weighted by atomic mass is 35.5. The van der Waals surface area contributed by atoms with Gasteiger partial charge < -0.3 is 16.2 Å². The Labute approximate surface area is 149 Å². The van der Waals surface area contributed by atoms with Crippen LogP contribution in [0.4, 0.5) is 13.2 Å². The monoisotopic (exact) mass is 383 g/mol. The Morgan fingerprint density at radius 2 is 1.76 bits per heavy atom. The molecule has 0 heterocycles.